The summed E-state index contributed by atoms with van der Waals surface area (Å²) in [6.07, 6.45) is 3.18. The number of ether oxygens (including phenoxy) is 4. The molecule has 0 atom stereocenters. The van der Waals surface area contributed by atoms with Crippen molar-refractivity contribution in [1.29, 1.82) is 10.5 Å². The zero-order valence-corrected chi connectivity index (χ0v) is 17.1. The quantitative estimate of drug-likeness (QED) is 0.321. The van der Waals surface area contributed by atoms with E-state index in [-0.39, 0.29) is 11.1 Å². The molecule has 0 N–H and O–H groups in total. The zero-order chi connectivity index (χ0) is 23.1. The minimum absolute atomic E-state index is 0.241. The molecule has 0 bridgehead atoms. The van der Waals surface area contributed by atoms with Crippen molar-refractivity contribution >= 4 is 11.9 Å². The first-order chi connectivity index (χ1) is 15.4. The summed E-state index contributed by atoms with van der Waals surface area (Å²) in [5, 5.41) is 17.2. The van der Waals surface area contributed by atoms with E-state index in [2.05, 4.69) is 0 Å². The SMILES string of the molecule is Cc1cc(OC(=O)c2ccc(C(=O)Oc3ccc(OC#N)c(C)c3)cc2)ccc1OC#N. The monoisotopic (exact) mass is 428 g/mol. The molecular formula is C24H16N2O6. The van der Waals surface area contributed by atoms with Crippen LogP contribution in [0.2, 0.25) is 0 Å². The summed E-state index contributed by atoms with van der Waals surface area (Å²) in [6.45, 7) is 3.44. The number of nitrogens with zero attached hydrogens (tertiary/aromatic N) is 2. The van der Waals surface area contributed by atoms with Gasteiger partial charge in [-0.3, -0.25) is 0 Å². The molecule has 8 heteroatoms. The van der Waals surface area contributed by atoms with Crippen molar-refractivity contribution in [1.82, 2.24) is 0 Å². The normalized spacial score (nSPS) is 9.75. The number of benzene rings is 3. The minimum Gasteiger partial charge on any atom is -0.423 e. The van der Waals surface area contributed by atoms with Gasteiger partial charge in [-0.15, -0.1) is 10.5 Å². The number of rotatable bonds is 6. The van der Waals surface area contributed by atoms with Gasteiger partial charge in [-0.05, 0) is 85.6 Å². The van der Waals surface area contributed by atoms with Crippen molar-refractivity contribution in [2.24, 2.45) is 0 Å². The Morgan fingerprint density at radius 3 is 1.34 bits per heavy atom. The van der Waals surface area contributed by atoms with Gasteiger partial charge in [-0.1, -0.05) is 0 Å². The van der Waals surface area contributed by atoms with Crippen LogP contribution in [0.4, 0.5) is 0 Å². The van der Waals surface area contributed by atoms with Crippen LogP contribution in [0.15, 0.2) is 60.7 Å². The Kier molecular flexibility index (Phi) is 6.69. The second-order valence-electron chi connectivity index (χ2n) is 6.60. The largest absolute Gasteiger partial charge is 0.423 e. The average Bonchev–Trinajstić information content (AvgIpc) is 2.78. The summed E-state index contributed by atoms with van der Waals surface area (Å²) >= 11 is 0. The molecule has 0 radical (unpaired) electrons. The summed E-state index contributed by atoms with van der Waals surface area (Å²) in [4.78, 5) is 24.7. The maximum Gasteiger partial charge on any atom is 0.343 e. The van der Waals surface area contributed by atoms with Gasteiger partial charge in [0, 0.05) is 0 Å². The van der Waals surface area contributed by atoms with Crippen LogP contribution in [0.1, 0.15) is 31.8 Å². The second-order valence-corrected chi connectivity index (χ2v) is 6.60. The van der Waals surface area contributed by atoms with Crippen LogP contribution >= 0.6 is 0 Å². The molecule has 0 aromatic heterocycles. The standard InChI is InChI=1S/C24H16N2O6/c1-15-11-19(7-9-21(15)29-13-25)31-23(27)17-3-5-18(6-4-17)24(28)32-20-8-10-22(30-14-26)16(2)12-20/h3-12H,1-2H3. The van der Waals surface area contributed by atoms with Gasteiger partial charge in [-0.25, -0.2) is 9.59 Å². The van der Waals surface area contributed by atoms with E-state index < -0.39 is 11.9 Å². The lowest BCUT2D eigenvalue weighted by atomic mass is 10.1. The van der Waals surface area contributed by atoms with Crippen molar-refractivity contribution in [2.75, 3.05) is 0 Å². The van der Waals surface area contributed by atoms with Crippen LogP contribution in [-0.2, 0) is 0 Å². The molecule has 0 saturated heterocycles. The molecule has 0 amide bonds. The van der Waals surface area contributed by atoms with Gasteiger partial charge in [0.25, 0.3) is 12.5 Å². The molecule has 0 aliphatic carbocycles. The maximum atomic E-state index is 12.4. The first kappa shape index (κ1) is 21.9. The van der Waals surface area contributed by atoms with Crippen molar-refractivity contribution in [3.05, 3.63) is 82.9 Å². The van der Waals surface area contributed by atoms with Gasteiger partial charge < -0.3 is 18.9 Å². The van der Waals surface area contributed by atoms with E-state index in [1.54, 1.807) is 38.5 Å². The predicted octanol–water partition coefficient (Wildman–Crippen LogP) is 4.46. The van der Waals surface area contributed by atoms with Gasteiger partial charge in [0.15, 0.2) is 0 Å². The molecular weight excluding hydrogens is 412 g/mol. The Labute approximate surface area is 183 Å². The van der Waals surface area contributed by atoms with Gasteiger partial charge in [0.1, 0.15) is 23.0 Å². The van der Waals surface area contributed by atoms with E-state index in [1.165, 1.54) is 48.5 Å². The fourth-order valence-corrected chi connectivity index (χ4v) is 2.77. The molecule has 3 aromatic carbocycles. The molecule has 0 aliphatic heterocycles. The molecule has 3 aromatic rings. The van der Waals surface area contributed by atoms with Gasteiger partial charge in [0.05, 0.1) is 11.1 Å². The highest BCUT2D eigenvalue weighted by Gasteiger charge is 2.14. The number of carbonyl (C=O) groups is 2. The third-order valence-corrected chi connectivity index (χ3v) is 4.38. The number of carbonyl (C=O) groups excluding carboxylic acids is 2. The molecule has 0 heterocycles. The number of aryl methyl sites for hydroxylation is 2. The fraction of sp³-hybridized carbons (Fsp3) is 0.0833. The van der Waals surface area contributed by atoms with Crippen LogP contribution in [0.3, 0.4) is 0 Å². The third-order valence-electron chi connectivity index (χ3n) is 4.38. The molecule has 32 heavy (non-hydrogen) atoms. The van der Waals surface area contributed by atoms with Crippen molar-refractivity contribution < 1.29 is 28.5 Å². The first-order valence-electron chi connectivity index (χ1n) is 9.29. The molecule has 0 saturated carbocycles. The Morgan fingerprint density at radius 2 is 1.03 bits per heavy atom. The van der Waals surface area contributed by atoms with E-state index in [1.807, 2.05) is 0 Å². The van der Waals surface area contributed by atoms with Gasteiger partial charge in [0.2, 0.25) is 0 Å². The van der Waals surface area contributed by atoms with E-state index in [0.717, 1.165) is 0 Å². The van der Waals surface area contributed by atoms with Crippen LogP contribution in [0, 0.1) is 36.9 Å². The van der Waals surface area contributed by atoms with Crippen molar-refractivity contribution in [3.8, 4) is 35.5 Å². The lowest BCUT2D eigenvalue weighted by Crippen LogP contribution is -2.11. The fourth-order valence-electron chi connectivity index (χ4n) is 2.77. The van der Waals surface area contributed by atoms with E-state index in [0.29, 0.717) is 34.1 Å². The summed E-state index contributed by atoms with van der Waals surface area (Å²) in [5.74, 6) is 0.111. The maximum absolute atomic E-state index is 12.4. The second kappa shape index (κ2) is 9.79. The molecule has 0 fully saturated rings. The highest BCUT2D eigenvalue weighted by Crippen LogP contribution is 2.25. The Balaban J connectivity index is 1.65. The molecule has 0 aliphatic rings. The average molecular weight is 428 g/mol. The summed E-state index contributed by atoms with van der Waals surface area (Å²) in [6, 6.07) is 15.0. The number of esters is 2. The summed E-state index contributed by atoms with van der Waals surface area (Å²) in [5.41, 5.74) is 1.76. The number of hydrogen-bond donors (Lipinski definition) is 0. The summed E-state index contributed by atoms with van der Waals surface area (Å²) in [7, 11) is 0. The van der Waals surface area contributed by atoms with Gasteiger partial charge >= 0.3 is 11.9 Å². The van der Waals surface area contributed by atoms with Crippen molar-refractivity contribution in [3.63, 3.8) is 0 Å². The molecule has 3 rings (SSSR count). The third kappa shape index (κ3) is 5.21. The van der Waals surface area contributed by atoms with E-state index in [4.69, 9.17) is 29.5 Å². The smallest absolute Gasteiger partial charge is 0.343 e. The zero-order valence-electron chi connectivity index (χ0n) is 17.1. The predicted molar refractivity (Wildman–Crippen MR) is 111 cm³/mol. The minimum atomic E-state index is -0.609. The molecule has 0 unspecified atom stereocenters. The lowest BCUT2D eigenvalue weighted by molar-refractivity contribution is 0.0720. The Hall–Kier alpha value is -4.82. The number of hydrogen-bond acceptors (Lipinski definition) is 8. The Bertz CT molecular complexity index is 1150. The molecule has 0 spiro atoms. The van der Waals surface area contributed by atoms with Crippen LogP contribution in [0.25, 0.3) is 0 Å². The van der Waals surface area contributed by atoms with E-state index >= 15 is 0 Å². The highest BCUT2D eigenvalue weighted by atomic mass is 16.5. The lowest BCUT2D eigenvalue weighted by Gasteiger charge is -2.09. The van der Waals surface area contributed by atoms with Crippen LogP contribution in [0.5, 0.6) is 23.0 Å². The highest BCUT2D eigenvalue weighted by molar-refractivity contribution is 5.94. The van der Waals surface area contributed by atoms with Crippen molar-refractivity contribution in [2.45, 2.75) is 13.8 Å². The molecule has 8 nitrogen and oxygen atoms in total. The van der Waals surface area contributed by atoms with Gasteiger partial charge in [-0.2, -0.15) is 0 Å². The summed E-state index contributed by atoms with van der Waals surface area (Å²) < 4.78 is 20.2. The van der Waals surface area contributed by atoms with Crippen LogP contribution in [-0.4, -0.2) is 11.9 Å². The van der Waals surface area contributed by atoms with Crippen LogP contribution < -0.4 is 18.9 Å². The Morgan fingerprint density at radius 1 is 0.656 bits per heavy atom. The number of nitriles is 2. The molecule has 158 valence electrons. The van der Waals surface area contributed by atoms with E-state index in [9.17, 15) is 9.59 Å². The topological polar surface area (TPSA) is 119 Å². The first-order valence-corrected chi connectivity index (χ1v) is 9.29.